The normalized spacial score (nSPS) is 17.1. The third-order valence-corrected chi connectivity index (χ3v) is 4.72. The molecule has 0 unspecified atom stereocenters. The van der Waals surface area contributed by atoms with Gasteiger partial charge in [-0.15, -0.1) is 0 Å². The Morgan fingerprint density at radius 3 is 2.30 bits per heavy atom. The van der Waals surface area contributed by atoms with Gasteiger partial charge in [0.15, 0.2) is 0 Å². The van der Waals surface area contributed by atoms with Crippen LogP contribution in [0.5, 0.6) is 0 Å². The van der Waals surface area contributed by atoms with Gasteiger partial charge < -0.3 is 16.0 Å². The maximum Gasteiger partial charge on any atom is 0.251 e. The predicted octanol–water partition coefficient (Wildman–Crippen LogP) is 2.38. The first-order valence-corrected chi connectivity index (χ1v) is 8.97. The summed E-state index contributed by atoms with van der Waals surface area (Å²) < 4.78 is 0. The molecule has 1 fully saturated rings. The fraction of sp³-hybridized carbons (Fsp3) is 0.286. The molecule has 6 heteroatoms. The van der Waals surface area contributed by atoms with E-state index in [-0.39, 0.29) is 17.7 Å². The van der Waals surface area contributed by atoms with Gasteiger partial charge in [0.1, 0.15) is 12.1 Å². The predicted molar refractivity (Wildman–Crippen MR) is 103 cm³/mol. The summed E-state index contributed by atoms with van der Waals surface area (Å²) in [5.74, 6) is -0.825. The Morgan fingerprint density at radius 2 is 1.70 bits per heavy atom. The SMILES string of the molecule is Cc1cccc(C)c1NC(=O)[C@H](NC(=O)[C@H]1CCC(=O)N1)c1ccccc1. The van der Waals surface area contributed by atoms with E-state index >= 15 is 0 Å². The highest BCUT2D eigenvalue weighted by Gasteiger charge is 2.31. The molecule has 0 spiro atoms. The van der Waals surface area contributed by atoms with Gasteiger partial charge in [-0.1, -0.05) is 48.5 Å². The molecule has 6 nitrogen and oxygen atoms in total. The maximum absolute atomic E-state index is 13.0. The number of hydrogen-bond acceptors (Lipinski definition) is 3. The Bertz CT molecular complexity index is 844. The van der Waals surface area contributed by atoms with E-state index in [9.17, 15) is 14.4 Å². The average molecular weight is 365 g/mol. The summed E-state index contributed by atoms with van der Waals surface area (Å²) in [5.41, 5.74) is 3.32. The van der Waals surface area contributed by atoms with Crippen molar-refractivity contribution in [3.05, 3.63) is 65.2 Å². The molecule has 1 saturated heterocycles. The molecular formula is C21H23N3O3. The van der Waals surface area contributed by atoms with Gasteiger partial charge in [-0.05, 0) is 37.0 Å². The molecule has 140 valence electrons. The molecule has 2 aromatic rings. The number of amides is 3. The van der Waals surface area contributed by atoms with Crippen LogP contribution in [0.3, 0.4) is 0 Å². The zero-order valence-corrected chi connectivity index (χ0v) is 15.4. The molecule has 1 aliphatic rings. The molecule has 3 N–H and O–H groups in total. The lowest BCUT2D eigenvalue weighted by Gasteiger charge is -2.22. The smallest absolute Gasteiger partial charge is 0.251 e. The van der Waals surface area contributed by atoms with Gasteiger partial charge in [-0.2, -0.15) is 0 Å². The third-order valence-electron chi connectivity index (χ3n) is 4.72. The molecule has 3 amide bonds. The first-order chi connectivity index (χ1) is 13.0. The summed E-state index contributed by atoms with van der Waals surface area (Å²) >= 11 is 0. The second-order valence-electron chi connectivity index (χ2n) is 6.77. The van der Waals surface area contributed by atoms with Gasteiger partial charge in [0.05, 0.1) is 0 Å². The van der Waals surface area contributed by atoms with Crippen LogP contribution in [0.1, 0.15) is 35.6 Å². The van der Waals surface area contributed by atoms with E-state index in [1.807, 2.05) is 50.2 Å². The minimum atomic E-state index is -0.852. The molecule has 3 rings (SSSR count). The van der Waals surface area contributed by atoms with Gasteiger partial charge in [0.2, 0.25) is 11.8 Å². The summed E-state index contributed by atoms with van der Waals surface area (Å²) in [6.45, 7) is 3.85. The minimum Gasteiger partial charge on any atom is -0.344 e. The fourth-order valence-corrected chi connectivity index (χ4v) is 3.21. The minimum absolute atomic E-state index is 0.147. The number of rotatable bonds is 5. The van der Waals surface area contributed by atoms with Gasteiger partial charge >= 0.3 is 0 Å². The molecular weight excluding hydrogens is 342 g/mol. The van der Waals surface area contributed by atoms with E-state index in [1.165, 1.54) is 0 Å². The molecule has 27 heavy (non-hydrogen) atoms. The first-order valence-electron chi connectivity index (χ1n) is 8.97. The topological polar surface area (TPSA) is 87.3 Å². The molecule has 0 aromatic heterocycles. The lowest BCUT2D eigenvalue weighted by molar-refractivity contribution is -0.128. The average Bonchev–Trinajstić information content (AvgIpc) is 3.10. The Morgan fingerprint density at radius 1 is 1.04 bits per heavy atom. The van der Waals surface area contributed by atoms with Crippen LogP contribution in [-0.4, -0.2) is 23.8 Å². The summed E-state index contributed by atoms with van der Waals surface area (Å²) in [4.78, 5) is 37.0. The van der Waals surface area contributed by atoms with Crippen molar-refractivity contribution in [2.24, 2.45) is 0 Å². The number of carbonyl (C=O) groups excluding carboxylic acids is 3. The van der Waals surface area contributed by atoms with E-state index in [0.717, 1.165) is 16.8 Å². The zero-order valence-electron chi connectivity index (χ0n) is 15.4. The number of aryl methyl sites for hydroxylation is 2. The molecule has 2 atom stereocenters. The highest BCUT2D eigenvalue weighted by molar-refractivity contribution is 6.00. The van der Waals surface area contributed by atoms with Crippen LogP contribution in [0, 0.1) is 13.8 Å². The van der Waals surface area contributed by atoms with E-state index < -0.39 is 12.1 Å². The number of para-hydroxylation sites is 1. The number of anilines is 1. The quantitative estimate of drug-likeness (QED) is 0.760. The second-order valence-corrected chi connectivity index (χ2v) is 6.77. The Kier molecular flexibility index (Phi) is 5.54. The van der Waals surface area contributed by atoms with Gasteiger partial charge in [0.25, 0.3) is 5.91 Å². The van der Waals surface area contributed by atoms with Crippen molar-refractivity contribution in [3.8, 4) is 0 Å². The van der Waals surface area contributed by atoms with Crippen LogP contribution in [0.15, 0.2) is 48.5 Å². The van der Waals surface area contributed by atoms with Crippen molar-refractivity contribution in [1.82, 2.24) is 10.6 Å². The van der Waals surface area contributed by atoms with E-state index in [1.54, 1.807) is 12.1 Å². The van der Waals surface area contributed by atoms with Crippen LogP contribution < -0.4 is 16.0 Å². The maximum atomic E-state index is 13.0. The monoisotopic (exact) mass is 365 g/mol. The zero-order chi connectivity index (χ0) is 19.4. The highest BCUT2D eigenvalue weighted by atomic mass is 16.2. The Labute approximate surface area is 158 Å². The summed E-state index contributed by atoms with van der Waals surface area (Å²) in [5, 5.41) is 8.36. The highest BCUT2D eigenvalue weighted by Crippen LogP contribution is 2.22. The van der Waals surface area contributed by atoms with Crippen LogP contribution in [0.25, 0.3) is 0 Å². The molecule has 0 aliphatic carbocycles. The van der Waals surface area contributed by atoms with Crippen molar-refractivity contribution < 1.29 is 14.4 Å². The number of hydrogen-bond donors (Lipinski definition) is 3. The van der Waals surface area contributed by atoms with Gasteiger partial charge in [-0.25, -0.2) is 0 Å². The van der Waals surface area contributed by atoms with Crippen molar-refractivity contribution >= 4 is 23.4 Å². The van der Waals surface area contributed by atoms with Crippen molar-refractivity contribution in [3.63, 3.8) is 0 Å². The summed E-state index contributed by atoms with van der Waals surface area (Å²) in [6, 6.07) is 13.4. The molecule has 1 heterocycles. The molecule has 1 aliphatic heterocycles. The van der Waals surface area contributed by atoms with Gasteiger partial charge in [0, 0.05) is 12.1 Å². The first kappa shape index (κ1) is 18.6. The summed E-state index contributed by atoms with van der Waals surface area (Å²) in [6.07, 6.45) is 0.757. The Hall–Kier alpha value is -3.15. The van der Waals surface area contributed by atoms with E-state index in [2.05, 4.69) is 16.0 Å². The van der Waals surface area contributed by atoms with Crippen LogP contribution in [-0.2, 0) is 14.4 Å². The fourth-order valence-electron chi connectivity index (χ4n) is 3.21. The number of benzene rings is 2. The third kappa shape index (κ3) is 4.34. The number of nitrogens with one attached hydrogen (secondary N) is 3. The van der Waals surface area contributed by atoms with Crippen LogP contribution in [0.2, 0.25) is 0 Å². The Balaban J connectivity index is 1.82. The van der Waals surface area contributed by atoms with E-state index in [4.69, 9.17) is 0 Å². The van der Waals surface area contributed by atoms with Crippen molar-refractivity contribution in [1.29, 1.82) is 0 Å². The molecule has 0 radical (unpaired) electrons. The van der Waals surface area contributed by atoms with Crippen LogP contribution >= 0.6 is 0 Å². The standard InChI is InChI=1S/C21H23N3O3/c1-13-7-6-8-14(2)18(13)23-21(27)19(15-9-4-3-5-10-15)24-20(26)16-11-12-17(25)22-16/h3-10,16,19H,11-12H2,1-2H3,(H,22,25)(H,23,27)(H,24,26)/t16-,19-/m1/s1. The lowest BCUT2D eigenvalue weighted by Crippen LogP contribution is -2.46. The molecule has 0 bridgehead atoms. The number of carbonyl (C=O) groups is 3. The lowest BCUT2D eigenvalue weighted by atomic mass is 10.0. The van der Waals surface area contributed by atoms with Crippen molar-refractivity contribution in [2.45, 2.75) is 38.8 Å². The van der Waals surface area contributed by atoms with E-state index in [0.29, 0.717) is 18.4 Å². The molecule has 2 aromatic carbocycles. The second kappa shape index (κ2) is 8.03. The molecule has 0 saturated carbocycles. The largest absolute Gasteiger partial charge is 0.344 e. The van der Waals surface area contributed by atoms with Gasteiger partial charge in [-0.3, -0.25) is 14.4 Å². The van der Waals surface area contributed by atoms with Crippen LogP contribution in [0.4, 0.5) is 5.69 Å². The summed E-state index contributed by atoms with van der Waals surface area (Å²) in [7, 11) is 0. The van der Waals surface area contributed by atoms with Crippen molar-refractivity contribution in [2.75, 3.05) is 5.32 Å².